The quantitative estimate of drug-likeness (QED) is 0.744. The van der Waals surface area contributed by atoms with Gasteiger partial charge in [-0.05, 0) is 30.9 Å². The van der Waals surface area contributed by atoms with Crippen LogP contribution in [0.1, 0.15) is 26.2 Å². The maximum Gasteiger partial charge on any atom is 0.245 e. The van der Waals surface area contributed by atoms with Crippen molar-refractivity contribution in [3.63, 3.8) is 0 Å². The average Bonchev–Trinajstić information content (AvgIpc) is 2.75. The first kappa shape index (κ1) is 20.0. The Bertz CT molecular complexity index is 901. The van der Waals surface area contributed by atoms with E-state index >= 15 is 0 Å². The molecule has 0 fully saturated rings. The van der Waals surface area contributed by atoms with Gasteiger partial charge in [-0.25, -0.2) is 8.42 Å². The van der Waals surface area contributed by atoms with Crippen molar-refractivity contribution in [2.24, 2.45) is 0 Å². The molecule has 1 aliphatic heterocycles. The summed E-state index contributed by atoms with van der Waals surface area (Å²) in [5, 5.41) is 10.3. The van der Waals surface area contributed by atoms with Crippen LogP contribution in [0, 0.1) is 0 Å². The molecule has 3 rings (SSSR count). The second-order valence-corrected chi connectivity index (χ2v) is 9.57. The zero-order chi connectivity index (χ0) is 19.6. The van der Waals surface area contributed by atoms with Crippen LogP contribution in [0.5, 0.6) is 5.75 Å². The molecule has 1 heterocycles. The van der Waals surface area contributed by atoms with Crippen molar-refractivity contribution in [2.75, 3.05) is 24.7 Å². The zero-order valence-corrected chi connectivity index (χ0v) is 17.6. The molecule has 7 heteroatoms. The topological polar surface area (TPSA) is 60.9 Å². The second-order valence-electron chi connectivity index (χ2n) is 6.76. The lowest BCUT2D eigenvalue weighted by Gasteiger charge is -2.29. The Morgan fingerprint density at radius 3 is 2.56 bits per heavy atom. The van der Waals surface area contributed by atoms with E-state index in [-0.39, 0.29) is 16.7 Å². The van der Waals surface area contributed by atoms with Crippen LogP contribution in [0.15, 0.2) is 52.3 Å². The van der Waals surface area contributed by atoms with E-state index in [9.17, 15) is 13.5 Å². The first-order chi connectivity index (χ1) is 12.9. The average molecular weight is 407 g/mol. The molecule has 0 saturated heterocycles. The van der Waals surface area contributed by atoms with Gasteiger partial charge < -0.3 is 10.0 Å². The molecule has 1 N–H and O–H groups in total. The third kappa shape index (κ3) is 3.81. The summed E-state index contributed by atoms with van der Waals surface area (Å²) in [6, 6.07) is 12.9. The summed E-state index contributed by atoms with van der Waals surface area (Å²) >= 11 is 1.40. The first-order valence-electron chi connectivity index (χ1n) is 9.11. The lowest BCUT2D eigenvalue weighted by atomic mass is 10.1. The summed E-state index contributed by atoms with van der Waals surface area (Å²) in [5.41, 5.74) is 1.57. The number of sulfonamides is 1. The van der Waals surface area contributed by atoms with Crippen molar-refractivity contribution in [3.8, 4) is 5.75 Å². The van der Waals surface area contributed by atoms with Crippen molar-refractivity contribution in [3.05, 3.63) is 42.5 Å². The number of aromatic hydroxyl groups is 1. The zero-order valence-electron chi connectivity index (χ0n) is 15.9. The fourth-order valence-electron chi connectivity index (χ4n) is 3.46. The van der Waals surface area contributed by atoms with Crippen LogP contribution in [-0.4, -0.2) is 43.7 Å². The van der Waals surface area contributed by atoms with Gasteiger partial charge >= 0.3 is 0 Å². The van der Waals surface area contributed by atoms with Gasteiger partial charge in [0.15, 0.2) is 0 Å². The highest BCUT2D eigenvalue weighted by Gasteiger charge is 2.37. The van der Waals surface area contributed by atoms with Gasteiger partial charge in [-0.2, -0.15) is 4.31 Å². The number of phenolic OH excluding ortho intramolecular Hbond substituents is 1. The monoisotopic (exact) mass is 406 g/mol. The Labute approximate surface area is 166 Å². The van der Waals surface area contributed by atoms with Crippen LogP contribution < -0.4 is 4.90 Å². The lowest BCUT2D eigenvalue weighted by Crippen LogP contribution is -2.40. The van der Waals surface area contributed by atoms with Crippen molar-refractivity contribution >= 4 is 33.2 Å². The molecule has 2 aromatic carbocycles. The molecule has 1 unspecified atom stereocenters. The highest BCUT2D eigenvalue weighted by Crippen LogP contribution is 2.42. The minimum atomic E-state index is -3.70. The number of nitrogens with zero attached hydrogens (tertiary/aromatic N) is 2. The molecule has 1 aliphatic rings. The molecule has 0 aliphatic carbocycles. The largest absolute Gasteiger partial charge is 0.507 e. The van der Waals surface area contributed by atoms with E-state index in [0.29, 0.717) is 17.1 Å². The van der Waals surface area contributed by atoms with Crippen LogP contribution in [0.3, 0.4) is 0 Å². The van der Waals surface area contributed by atoms with Crippen molar-refractivity contribution in [1.29, 1.82) is 0 Å². The number of fused-ring (bicyclic) bond motifs is 1. The smallest absolute Gasteiger partial charge is 0.245 e. The predicted octanol–water partition coefficient (Wildman–Crippen LogP) is 4.45. The number of rotatable bonds is 5. The van der Waals surface area contributed by atoms with E-state index in [0.717, 1.165) is 24.9 Å². The number of anilines is 2. The van der Waals surface area contributed by atoms with Gasteiger partial charge in [0.2, 0.25) is 10.0 Å². The maximum absolute atomic E-state index is 13.3. The minimum Gasteiger partial charge on any atom is -0.507 e. The van der Waals surface area contributed by atoms with Gasteiger partial charge in [-0.15, -0.1) is 11.8 Å². The highest BCUT2D eigenvalue weighted by molar-refractivity contribution is 7.98. The maximum atomic E-state index is 13.3. The van der Waals surface area contributed by atoms with E-state index in [1.165, 1.54) is 22.1 Å². The number of hydrogen-bond acceptors (Lipinski definition) is 5. The number of unbranched alkanes of at least 4 members (excludes halogenated alkanes) is 1. The Morgan fingerprint density at radius 2 is 1.93 bits per heavy atom. The van der Waals surface area contributed by atoms with Gasteiger partial charge in [0.1, 0.15) is 10.6 Å². The van der Waals surface area contributed by atoms with Crippen molar-refractivity contribution in [1.82, 2.24) is 4.31 Å². The summed E-state index contributed by atoms with van der Waals surface area (Å²) < 4.78 is 28.1. The molecule has 0 amide bonds. The number of thioether (sulfide) groups is 1. The molecular weight excluding hydrogens is 380 g/mol. The predicted molar refractivity (Wildman–Crippen MR) is 112 cm³/mol. The summed E-state index contributed by atoms with van der Waals surface area (Å²) in [5.74, 6) is -0.00163. The molecule has 5 nitrogen and oxygen atoms in total. The highest BCUT2D eigenvalue weighted by atomic mass is 32.2. The van der Waals surface area contributed by atoms with Crippen LogP contribution in [0.4, 0.5) is 11.4 Å². The Balaban J connectivity index is 2.23. The van der Waals surface area contributed by atoms with E-state index in [2.05, 4.69) is 11.8 Å². The van der Waals surface area contributed by atoms with Gasteiger partial charge in [-0.1, -0.05) is 38.0 Å². The number of likely N-dealkylation sites (N-methyl/N-ethyl adjacent to an activating group) is 1. The van der Waals surface area contributed by atoms with E-state index in [1.54, 1.807) is 13.1 Å². The summed E-state index contributed by atoms with van der Waals surface area (Å²) in [7, 11) is -2.06. The van der Waals surface area contributed by atoms with Crippen LogP contribution in [0.25, 0.3) is 0 Å². The first-order valence-corrected chi connectivity index (χ1v) is 11.8. The number of hydrogen-bond donors (Lipinski definition) is 1. The molecule has 146 valence electrons. The summed E-state index contributed by atoms with van der Waals surface area (Å²) in [6.45, 7) is 2.68. The van der Waals surface area contributed by atoms with Gasteiger partial charge in [-0.3, -0.25) is 0 Å². The third-order valence-corrected chi connectivity index (χ3v) is 7.78. The Hall–Kier alpha value is -1.70. The Morgan fingerprint density at radius 1 is 1.22 bits per heavy atom. The van der Waals surface area contributed by atoms with Crippen LogP contribution in [-0.2, 0) is 10.0 Å². The minimum absolute atomic E-state index is 0.00163. The molecule has 0 saturated carbocycles. The molecule has 2 aromatic rings. The standard InChI is InChI=1S/C20H26N2O3S2/c1-4-5-9-16-14-22(15-10-7-6-8-11-15)17-12-19(26-3)18(23)13-20(17)27(24,25)21(16)2/h6-8,10-13,16,23H,4-5,9,14H2,1-3H3. The van der Waals surface area contributed by atoms with Crippen molar-refractivity contribution < 1.29 is 13.5 Å². The van der Waals surface area contributed by atoms with Crippen molar-refractivity contribution in [2.45, 2.75) is 42.0 Å². The van der Waals surface area contributed by atoms with Gasteiger partial charge in [0.05, 0.1) is 10.6 Å². The fourth-order valence-corrected chi connectivity index (χ4v) is 5.53. The molecular formula is C20H26N2O3S2. The molecule has 27 heavy (non-hydrogen) atoms. The number of para-hydroxylation sites is 1. The fraction of sp³-hybridized carbons (Fsp3) is 0.400. The third-order valence-electron chi connectivity index (χ3n) is 5.07. The van der Waals surface area contributed by atoms with E-state index in [1.807, 2.05) is 36.6 Å². The molecule has 1 atom stereocenters. The summed E-state index contributed by atoms with van der Waals surface area (Å²) in [6.07, 6.45) is 4.64. The van der Waals surface area contributed by atoms with E-state index < -0.39 is 10.0 Å². The normalized spacial score (nSPS) is 19.5. The van der Waals surface area contributed by atoms with Crippen LogP contribution >= 0.6 is 11.8 Å². The number of benzene rings is 2. The van der Waals surface area contributed by atoms with Crippen LogP contribution in [0.2, 0.25) is 0 Å². The lowest BCUT2D eigenvalue weighted by molar-refractivity contribution is 0.351. The molecule has 0 bridgehead atoms. The molecule has 0 spiro atoms. The molecule has 0 aromatic heterocycles. The van der Waals surface area contributed by atoms with E-state index in [4.69, 9.17) is 0 Å². The Kier molecular flexibility index (Phi) is 6.03. The molecule has 0 radical (unpaired) electrons. The van der Waals surface area contributed by atoms with Gasteiger partial charge in [0, 0.05) is 31.4 Å². The second kappa shape index (κ2) is 8.12. The number of phenols is 1. The SMILES string of the molecule is CCCCC1CN(c2ccccc2)c2cc(SC)c(O)cc2S(=O)(=O)N1C. The summed E-state index contributed by atoms with van der Waals surface area (Å²) in [4.78, 5) is 2.89. The van der Waals surface area contributed by atoms with Gasteiger partial charge in [0.25, 0.3) is 0 Å².